The minimum absolute atomic E-state index is 0.0255. The van der Waals surface area contributed by atoms with Crippen LogP contribution in [0.25, 0.3) is 0 Å². The number of ether oxygens (including phenoxy) is 2. The number of rotatable bonds is 5. The van der Waals surface area contributed by atoms with Gasteiger partial charge in [-0.2, -0.15) is 0 Å². The van der Waals surface area contributed by atoms with Gasteiger partial charge in [0.25, 0.3) is 11.6 Å². The summed E-state index contributed by atoms with van der Waals surface area (Å²) in [6, 6.07) is 3.50. The molecule has 0 bridgehead atoms. The summed E-state index contributed by atoms with van der Waals surface area (Å²) < 4.78 is 9.90. The second-order valence-electron chi connectivity index (χ2n) is 6.45. The van der Waals surface area contributed by atoms with Gasteiger partial charge in [0.05, 0.1) is 41.3 Å². The van der Waals surface area contributed by atoms with Gasteiger partial charge in [0.15, 0.2) is 0 Å². The van der Waals surface area contributed by atoms with Crippen molar-refractivity contribution in [3.8, 4) is 0 Å². The summed E-state index contributed by atoms with van der Waals surface area (Å²) >= 11 is 7.17. The zero-order valence-corrected chi connectivity index (χ0v) is 18.2. The lowest BCUT2D eigenvalue weighted by molar-refractivity contribution is -0.384. The molecule has 1 aliphatic heterocycles. The Bertz CT molecular complexity index is 1070. The first-order valence-electron chi connectivity index (χ1n) is 9.16. The first-order valence-corrected chi connectivity index (χ1v) is 10.4. The highest BCUT2D eigenvalue weighted by molar-refractivity contribution is 7.17. The molecule has 1 N–H and O–H groups in total. The Labute approximate surface area is 185 Å². The van der Waals surface area contributed by atoms with Crippen LogP contribution >= 0.6 is 22.9 Å². The number of carbonyl (C=O) groups excluding carboxylic acids is 3. The number of anilines is 1. The van der Waals surface area contributed by atoms with E-state index in [9.17, 15) is 24.5 Å². The fraction of sp³-hybridized carbons (Fsp3) is 0.316. The smallest absolute Gasteiger partial charge is 0.410 e. The predicted octanol–water partition coefficient (Wildman–Crippen LogP) is 3.86. The fourth-order valence-electron chi connectivity index (χ4n) is 3.15. The van der Waals surface area contributed by atoms with Crippen molar-refractivity contribution in [1.82, 2.24) is 4.90 Å². The standard InChI is InChI=1S/C19H18ClN3O7S/c1-3-30-19(26)22-7-6-11-14(9-22)31-17(15(11)18(25)29-2)21-16(24)12-8-10(23(27)28)4-5-13(12)20/h4-5,8H,3,6-7,9H2,1-2H3,(H,21,24). The molecular formula is C19H18ClN3O7S. The van der Waals surface area contributed by atoms with E-state index in [2.05, 4.69) is 5.32 Å². The zero-order valence-electron chi connectivity index (χ0n) is 16.6. The molecule has 0 aliphatic carbocycles. The summed E-state index contributed by atoms with van der Waals surface area (Å²) in [5.41, 5.74) is 0.475. The molecule has 0 radical (unpaired) electrons. The summed E-state index contributed by atoms with van der Waals surface area (Å²) in [6.07, 6.45) is -0.0853. The van der Waals surface area contributed by atoms with Crippen LogP contribution in [0.4, 0.5) is 15.5 Å². The Morgan fingerprint density at radius 2 is 2.10 bits per heavy atom. The Morgan fingerprint density at radius 3 is 2.74 bits per heavy atom. The molecule has 0 saturated heterocycles. The molecule has 0 atom stereocenters. The van der Waals surface area contributed by atoms with Gasteiger partial charge in [0.1, 0.15) is 5.00 Å². The van der Waals surface area contributed by atoms with Gasteiger partial charge >= 0.3 is 12.1 Å². The number of benzene rings is 1. The lowest BCUT2D eigenvalue weighted by Crippen LogP contribution is -2.36. The molecule has 0 fully saturated rings. The second-order valence-corrected chi connectivity index (χ2v) is 7.96. The van der Waals surface area contributed by atoms with Crippen LogP contribution in [0.1, 0.15) is 38.1 Å². The number of methoxy groups -OCH3 is 1. The number of fused-ring (bicyclic) bond motifs is 1. The van der Waals surface area contributed by atoms with E-state index in [-0.39, 0.29) is 40.0 Å². The predicted molar refractivity (Wildman–Crippen MR) is 113 cm³/mol. The van der Waals surface area contributed by atoms with Crippen molar-refractivity contribution in [2.75, 3.05) is 25.6 Å². The van der Waals surface area contributed by atoms with E-state index < -0.39 is 22.9 Å². The molecule has 0 spiro atoms. The third-order valence-corrected chi connectivity index (χ3v) is 6.07. The molecule has 2 aromatic rings. The number of nitrogens with one attached hydrogen (secondary N) is 1. The summed E-state index contributed by atoms with van der Waals surface area (Å²) in [5.74, 6) is -1.35. The highest BCUT2D eigenvalue weighted by Crippen LogP contribution is 2.38. The van der Waals surface area contributed by atoms with Gasteiger partial charge in [-0.25, -0.2) is 9.59 Å². The Balaban J connectivity index is 1.94. The van der Waals surface area contributed by atoms with E-state index in [4.69, 9.17) is 21.1 Å². The molecular weight excluding hydrogens is 450 g/mol. The monoisotopic (exact) mass is 467 g/mol. The summed E-state index contributed by atoms with van der Waals surface area (Å²) in [4.78, 5) is 49.9. The van der Waals surface area contributed by atoms with E-state index in [1.807, 2.05) is 0 Å². The van der Waals surface area contributed by atoms with E-state index >= 15 is 0 Å². The van der Waals surface area contributed by atoms with E-state index in [1.54, 1.807) is 6.92 Å². The van der Waals surface area contributed by atoms with Crippen LogP contribution in [-0.2, 0) is 22.4 Å². The van der Waals surface area contributed by atoms with Crippen molar-refractivity contribution in [3.63, 3.8) is 0 Å². The highest BCUT2D eigenvalue weighted by Gasteiger charge is 2.31. The Morgan fingerprint density at radius 1 is 1.35 bits per heavy atom. The van der Waals surface area contributed by atoms with Crippen molar-refractivity contribution in [3.05, 3.63) is 54.9 Å². The van der Waals surface area contributed by atoms with E-state index in [0.29, 0.717) is 23.4 Å². The van der Waals surface area contributed by atoms with E-state index in [0.717, 1.165) is 17.4 Å². The Kier molecular flexibility index (Phi) is 6.76. The largest absolute Gasteiger partial charge is 0.465 e. The first-order chi connectivity index (χ1) is 14.8. The number of amides is 2. The topological polar surface area (TPSA) is 128 Å². The van der Waals surface area contributed by atoms with Gasteiger partial charge in [-0.05, 0) is 25.0 Å². The average Bonchev–Trinajstić information content (AvgIpc) is 3.10. The molecule has 1 aliphatic rings. The molecule has 0 saturated carbocycles. The van der Waals surface area contributed by atoms with Crippen LogP contribution in [0, 0.1) is 10.1 Å². The molecule has 10 nitrogen and oxygen atoms in total. The zero-order chi connectivity index (χ0) is 22.7. The molecule has 1 aromatic heterocycles. The third kappa shape index (κ3) is 4.62. The van der Waals surface area contributed by atoms with Crippen LogP contribution < -0.4 is 5.32 Å². The van der Waals surface area contributed by atoms with Crippen molar-refractivity contribution >= 4 is 51.6 Å². The second kappa shape index (κ2) is 9.31. The summed E-state index contributed by atoms with van der Waals surface area (Å²) in [5, 5.41) is 13.9. The van der Waals surface area contributed by atoms with Gasteiger partial charge in [0.2, 0.25) is 0 Å². The van der Waals surface area contributed by atoms with Crippen LogP contribution in [-0.4, -0.2) is 48.1 Å². The normalized spacial score (nSPS) is 12.7. The lowest BCUT2D eigenvalue weighted by atomic mass is 10.0. The lowest BCUT2D eigenvalue weighted by Gasteiger charge is -2.26. The molecule has 2 amide bonds. The minimum atomic E-state index is -0.709. The molecule has 1 aromatic carbocycles. The number of thiophene rings is 1. The molecule has 12 heteroatoms. The van der Waals surface area contributed by atoms with Gasteiger partial charge in [-0.15, -0.1) is 11.3 Å². The fourth-order valence-corrected chi connectivity index (χ4v) is 4.60. The van der Waals surface area contributed by atoms with Crippen LogP contribution in [0.15, 0.2) is 18.2 Å². The van der Waals surface area contributed by atoms with Crippen molar-refractivity contribution < 1.29 is 28.8 Å². The molecule has 31 heavy (non-hydrogen) atoms. The number of nitro groups is 1. The van der Waals surface area contributed by atoms with Crippen molar-refractivity contribution in [2.45, 2.75) is 19.9 Å². The van der Waals surface area contributed by atoms with Crippen molar-refractivity contribution in [2.24, 2.45) is 0 Å². The van der Waals surface area contributed by atoms with Gasteiger partial charge in [-0.3, -0.25) is 14.9 Å². The highest BCUT2D eigenvalue weighted by atomic mass is 35.5. The number of nitro benzene ring substituents is 1. The van der Waals surface area contributed by atoms with Crippen LogP contribution in [0.5, 0.6) is 0 Å². The SMILES string of the molecule is CCOC(=O)N1CCc2c(sc(NC(=O)c3cc([N+](=O)[O-])ccc3Cl)c2C(=O)OC)C1. The third-order valence-electron chi connectivity index (χ3n) is 4.60. The molecule has 164 valence electrons. The summed E-state index contributed by atoms with van der Waals surface area (Å²) in [6.45, 7) is 2.51. The first kappa shape index (κ1) is 22.5. The Hall–Kier alpha value is -3.18. The van der Waals surface area contributed by atoms with Crippen molar-refractivity contribution in [1.29, 1.82) is 0 Å². The van der Waals surface area contributed by atoms with Crippen LogP contribution in [0.2, 0.25) is 5.02 Å². The number of hydrogen-bond acceptors (Lipinski definition) is 8. The molecule has 3 rings (SSSR count). The summed E-state index contributed by atoms with van der Waals surface area (Å²) in [7, 11) is 1.23. The van der Waals surface area contributed by atoms with Gasteiger partial charge < -0.3 is 19.7 Å². The number of nitrogens with zero attached hydrogens (tertiary/aromatic N) is 2. The maximum atomic E-state index is 12.8. The van der Waals surface area contributed by atoms with Gasteiger partial charge in [-0.1, -0.05) is 11.6 Å². The maximum Gasteiger partial charge on any atom is 0.410 e. The molecule has 0 unspecified atom stereocenters. The average molecular weight is 468 g/mol. The number of carbonyl (C=O) groups is 3. The molecule has 2 heterocycles. The number of hydrogen-bond donors (Lipinski definition) is 1. The van der Waals surface area contributed by atoms with E-state index in [1.165, 1.54) is 24.1 Å². The maximum absolute atomic E-state index is 12.8. The quantitative estimate of drug-likeness (QED) is 0.401. The van der Waals surface area contributed by atoms with Crippen LogP contribution in [0.3, 0.4) is 0 Å². The minimum Gasteiger partial charge on any atom is -0.465 e. The number of non-ortho nitro benzene ring substituents is 1. The number of esters is 1. The van der Waals surface area contributed by atoms with Gasteiger partial charge in [0, 0.05) is 23.6 Å². The number of halogens is 1.